The van der Waals surface area contributed by atoms with Crippen LogP contribution in [0.3, 0.4) is 0 Å². The first kappa shape index (κ1) is 24.2. The number of benzene rings is 3. The lowest BCUT2D eigenvalue weighted by molar-refractivity contribution is -0.118. The molecular weight excluding hydrogens is 456 g/mol. The standard InChI is InChI=1S/C29H32N2O5/c1-29(2,15-20-8-9-26-21(12-20)10-11-34-26)30-16-25(32)23-13-22(35-17-19-6-4-3-5-7-19)14-24-28(23)36-18-27(33)31-24/h3-9,12-14,25,30,32H,10-11,15-18H2,1-2H3,(H,31,33)/t25-/m0/s1. The minimum Gasteiger partial charge on any atom is -0.493 e. The molecule has 2 heterocycles. The first-order chi connectivity index (χ1) is 17.4. The van der Waals surface area contributed by atoms with Gasteiger partial charge < -0.3 is 30.0 Å². The summed E-state index contributed by atoms with van der Waals surface area (Å²) in [6.07, 6.45) is 0.888. The molecule has 2 aliphatic rings. The lowest BCUT2D eigenvalue weighted by Crippen LogP contribution is -2.43. The third-order valence-corrected chi connectivity index (χ3v) is 6.49. The number of carbonyl (C=O) groups is 1. The van der Waals surface area contributed by atoms with Gasteiger partial charge in [-0.1, -0.05) is 42.5 Å². The lowest BCUT2D eigenvalue weighted by Gasteiger charge is -2.29. The molecule has 0 spiro atoms. The van der Waals surface area contributed by atoms with Crippen LogP contribution in [0.25, 0.3) is 0 Å². The van der Waals surface area contributed by atoms with Crippen molar-refractivity contribution in [2.45, 2.75) is 44.9 Å². The molecular formula is C29H32N2O5. The van der Waals surface area contributed by atoms with E-state index >= 15 is 0 Å². The number of amides is 1. The Morgan fingerprint density at radius 1 is 1.08 bits per heavy atom. The van der Waals surface area contributed by atoms with Gasteiger partial charge in [-0.05, 0) is 49.1 Å². The molecule has 2 aliphatic heterocycles. The molecule has 188 valence electrons. The molecule has 0 saturated carbocycles. The number of hydrogen-bond donors (Lipinski definition) is 3. The predicted octanol–water partition coefficient (Wildman–Crippen LogP) is 4.18. The van der Waals surface area contributed by atoms with Crippen LogP contribution in [-0.2, 0) is 24.2 Å². The van der Waals surface area contributed by atoms with Crippen LogP contribution in [0.2, 0.25) is 0 Å². The Morgan fingerprint density at radius 2 is 1.92 bits per heavy atom. The average Bonchev–Trinajstić information content (AvgIpc) is 3.34. The fourth-order valence-electron chi connectivity index (χ4n) is 4.68. The minimum atomic E-state index is -0.860. The summed E-state index contributed by atoms with van der Waals surface area (Å²) in [7, 11) is 0. The second kappa shape index (κ2) is 10.2. The van der Waals surface area contributed by atoms with Crippen LogP contribution in [0.4, 0.5) is 5.69 Å². The van der Waals surface area contributed by atoms with Crippen molar-refractivity contribution in [2.24, 2.45) is 0 Å². The summed E-state index contributed by atoms with van der Waals surface area (Å²) in [4.78, 5) is 11.9. The molecule has 0 fully saturated rings. The summed E-state index contributed by atoms with van der Waals surface area (Å²) in [5, 5.41) is 17.5. The lowest BCUT2D eigenvalue weighted by atomic mass is 9.93. The molecule has 0 radical (unpaired) electrons. The minimum absolute atomic E-state index is 0.0854. The van der Waals surface area contributed by atoms with Crippen molar-refractivity contribution in [3.8, 4) is 17.2 Å². The van der Waals surface area contributed by atoms with Gasteiger partial charge in [0.05, 0.1) is 18.4 Å². The first-order valence-corrected chi connectivity index (χ1v) is 12.3. The van der Waals surface area contributed by atoms with Crippen LogP contribution >= 0.6 is 0 Å². The van der Waals surface area contributed by atoms with E-state index in [-0.39, 0.29) is 18.1 Å². The molecule has 0 bridgehead atoms. The summed E-state index contributed by atoms with van der Waals surface area (Å²) in [6, 6.07) is 19.7. The Labute approximate surface area is 211 Å². The SMILES string of the molecule is CC(C)(Cc1ccc2c(c1)CCO2)NC[C@H](O)c1cc(OCc2ccccc2)cc2c1OCC(=O)N2. The van der Waals surface area contributed by atoms with Crippen molar-refractivity contribution in [2.75, 3.05) is 25.1 Å². The van der Waals surface area contributed by atoms with Crippen molar-refractivity contribution in [1.29, 1.82) is 0 Å². The van der Waals surface area contributed by atoms with Gasteiger partial charge in [-0.15, -0.1) is 0 Å². The molecule has 0 aromatic heterocycles. The predicted molar refractivity (Wildman–Crippen MR) is 138 cm³/mol. The monoisotopic (exact) mass is 488 g/mol. The highest BCUT2D eigenvalue weighted by Gasteiger charge is 2.27. The van der Waals surface area contributed by atoms with Crippen LogP contribution in [0.15, 0.2) is 60.7 Å². The summed E-state index contributed by atoms with van der Waals surface area (Å²) in [5.74, 6) is 1.78. The van der Waals surface area contributed by atoms with Gasteiger partial charge in [-0.25, -0.2) is 0 Å². The van der Waals surface area contributed by atoms with Gasteiger partial charge in [0.15, 0.2) is 6.61 Å². The topological polar surface area (TPSA) is 89.1 Å². The van der Waals surface area contributed by atoms with Crippen LogP contribution in [0.5, 0.6) is 17.2 Å². The quantitative estimate of drug-likeness (QED) is 0.419. The number of ether oxygens (including phenoxy) is 3. The number of aliphatic hydroxyl groups excluding tert-OH is 1. The Morgan fingerprint density at radius 3 is 2.75 bits per heavy atom. The number of anilines is 1. The Bertz CT molecular complexity index is 1240. The zero-order valence-electron chi connectivity index (χ0n) is 20.7. The van der Waals surface area contributed by atoms with E-state index in [0.29, 0.717) is 35.9 Å². The van der Waals surface area contributed by atoms with E-state index in [1.54, 1.807) is 12.1 Å². The van der Waals surface area contributed by atoms with E-state index in [4.69, 9.17) is 14.2 Å². The highest BCUT2D eigenvalue weighted by atomic mass is 16.5. The maximum absolute atomic E-state index is 11.9. The Kier molecular flexibility index (Phi) is 6.85. The van der Waals surface area contributed by atoms with Crippen LogP contribution in [0.1, 0.15) is 42.2 Å². The number of hydrogen-bond acceptors (Lipinski definition) is 6. The van der Waals surface area contributed by atoms with Gasteiger partial charge in [-0.3, -0.25) is 4.79 Å². The number of aliphatic hydroxyl groups is 1. The molecule has 1 amide bonds. The van der Waals surface area contributed by atoms with Gasteiger partial charge in [0.25, 0.3) is 5.91 Å². The largest absolute Gasteiger partial charge is 0.493 e. The van der Waals surface area contributed by atoms with Gasteiger partial charge >= 0.3 is 0 Å². The maximum atomic E-state index is 11.9. The van der Waals surface area contributed by atoms with E-state index in [0.717, 1.165) is 30.8 Å². The first-order valence-electron chi connectivity index (χ1n) is 12.3. The van der Waals surface area contributed by atoms with Crippen molar-refractivity contribution in [1.82, 2.24) is 5.32 Å². The number of β-amino-alcohol motifs (C(OH)–C–C–N with tert-alkyl or cyclic N) is 1. The third-order valence-electron chi connectivity index (χ3n) is 6.49. The van der Waals surface area contributed by atoms with Crippen LogP contribution in [0, 0.1) is 0 Å². The molecule has 3 aromatic rings. The molecule has 1 atom stereocenters. The van der Waals surface area contributed by atoms with Crippen LogP contribution in [-0.4, -0.2) is 36.3 Å². The molecule has 5 rings (SSSR count). The molecule has 7 nitrogen and oxygen atoms in total. The number of rotatable bonds is 9. The summed E-state index contributed by atoms with van der Waals surface area (Å²) in [5.41, 5.74) is 4.33. The van der Waals surface area contributed by atoms with Crippen molar-refractivity contribution in [3.05, 3.63) is 82.9 Å². The molecule has 0 unspecified atom stereocenters. The molecule has 0 saturated heterocycles. The van der Waals surface area contributed by atoms with Gasteiger partial charge in [-0.2, -0.15) is 0 Å². The zero-order chi connectivity index (χ0) is 25.1. The van der Waals surface area contributed by atoms with Crippen molar-refractivity contribution >= 4 is 11.6 Å². The maximum Gasteiger partial charge on any atom is 0.262 e. The fraction of sp³-hybridized carbons (Fsp3) is 0.345. The van der Waals surface area contributed by atoms with E-state index in [9.17, 15) is 9.90 Å². The Balaban J connectivity index is 1.29. The number of nitrogens with one attached hydrogen (secondary N) is 2. The second-order valence-corrected chi connectivity index (χ2v) is 10.00. The highest BCUT2D eigenvalue weighted by molar-refractivity contribution is 5.96. The normalized spacial score (nSPS) is 15.2. The molecule has 3 aromatic carbocycles. The second-order valence-electron chi connectivity index (χ2n) is 10.00. The molecule has 36 heavy (non-hydrogen) atoms. The average molecular weight is 489 g/mol. The summed E-state index contributed by atoms with van der Waals surface area (Å²) < 4.78 is 17.3. The molecule has 0 aliphatic carbocycles. The fourth-order valence-corrected chi connectivity index (χ4v) is 4.68. The molecule has 3 N–H and O–H groups in total. The van der Waals surface area contributed by atoms with E-state index < -0.39 is 6.10 Å². The van der Waals surface area contributed by atoms with E-state index in [1.807, 2.05) is 36.4 Å². The summed E-state index contributed by atoms with van der Waals surface area (Å²) in [6.45, 7) is 5.59. The Hall–Kier alpha value is -3.55. The van der Waals surface area contributed by atoms with E-state index in [2.05, 4.69) is 36.6 Å². The van der Waals surface area contributed by atoms with Crippen molar-refractivity contribution in [3.63, 3.8) is 0 Å². The van der Waals surface area contributed by atoms with Gasteiger partial charge in [0.1, 0.15) is 23.9 Å². The summed E-state index contributed by atoms with van der Waals surface area (Å²) >= 11 is 0. The molecule has 7 heteroatoms. The zero-order valence-corrected chi connectivity index (χ0v) is 20.7. The van der Waals surface area contributed by atoms with Gasteiger partial charge in [0, 0.05) is 30.1 Å². The van der Waals surface area contributed by atoms with E-state index in [1.165, 1.54) is 11.1 Å². The number of carbonyl (C=O) groups excluding carboxylic acids is 1. The smallest absolute Gasteiger partial charge is 0.262 e. The van der Waals surface area contributed by atoms with Crippen LogP contribution < -0.4 is 24.8 Å². The highest BCUT2D eigenvalue weighted by Crippen LogP contribution is 2.39. The third kappa shape index (κ3) is 5.64. The van der Waals surface area contributed by atoms with Crippen molar-refractivity contribution < 1.29 is 24.1 Å². The number of fused-ring (bicyclic) bond motifs is 2. The van der Waals surface area contributed by atoms with Gasteiger partial charge in [0.2, 0.25) is 0 Å².